The molecular formula is C20H18BrF2N3O2S. The zero-order valence-electron chi connectivity index (χ0n) is 15.8. The number of pyridine rings is 1. The number of fused-ring (bicyclic) bond motifs is 1. The second-order valence-electron chi connectivity index (χ2n) is 7.12. The molecule has 1 aromatic carbocycles. The molecule has 0 bridgehead atoms. The number of sulfone groups is 1. The van der Waals surface area contributed by atoms with Gasteiger partial charge in [0.15, 0.2) is 14.9 Å². The van der Waals surface area contributed by atoms with Gasteiger partial charge in [0.25, 0.3) is 0 Å². The number of nitrogens with zero attached hydrogens (tertiary/aromatic N) is 2. The van der Waals surface area contributed by atoms with E-state index in [4.69, 9.17) is 0 Å². The molecule has 1 aliphatic heterocycles. The maximum absolute atomic E-state index is 14.3. The Balaban J connectivity index is 1.71. The summed E-state index contributed by atoms with van der Waals surface area (Å²) in [6.07, 6.45) is 3.34. The van der Waals surface area contributed by atoms with Crippen LogP contribution in [0.2, 0.25) is 0 Å². The first-order valence-electron chi connectivity index (χ1n) is 8.92. The minimum atomic E-state index is -3.38. The lowest BCUT2D eigenvalue weighted by Gasteiger charge is -2.30. The molecule has 2 aromatic heterocycles. The van der Waals surface area contributed by atoms with E-state index < -0.39 is 21.5 Å². The third-order valence-electron chi connectivity index (χ3n) is 5.10. The molecule has 152 valence electrons. The van der Waals surface area contributed by atoms with Crippen LogP contribution in [0.25, 0.3) is 11.3 Å². The monoisotopic (exact) mass is 481 g/mol. The number of aromatic nitrogens is 2. The van der Waals surface area contributed by atoms with Crippen LogP contribution in [-0.4, -0.2) is 31.2 Å². The first-order chi connectivity index (χ1) is 13.7. The number of aryl methyl sites for hydroxylation is 1. The van der Waals surface area contributed by atoms with Gasteiger partial charge in [-0.05, 0) is 46.6 Å². The fourth-order valence-electron chi connectivity index (χ4n) is 3.63. The minimum Gasteiger partial charge on any atom is -0.365 e. The predicted molar refractivity (Wildman–Crippen MR) is 111 cm³/mol. The van der Waals surface area contributed by atoms with Gasteiger partial charge in [-0.1, -0.05) is 6.07 Å². The third kappa shape index (κ3) is 3.57. The largest absolute Gasteiger partial charge is 0.365 e. The fraction of sp³-hybridized carbons (Fsp3) is 0.250. The highest BCUT2D eigenvalue weighted by molar-refractivity contribution is 9.10. The summed E-state index contributed by atoms with van der Waals surface area (Å²) < 4.78 is 52.6. The molecular weight excluding hydrogens is 464 g/mol. The van der Waals surface area contributed by atoms with Crippen molar-refractivity contribution < 1.29 is 17.2 Å². The Kier molecular flexibility index (Phi) is 4.98. The van der Waals surface area contributed by atoms with Crippen LogP contribution in [0.15, 0.2) is 40.0 Å². The van der Waals surface area contributed by atoms with Crippen molar-refractivity contribution in [3.8, 4) is 11.3 Å². The molecule has 0 saturated heterocycles. The van der Waals surface area contributed by atoms with E-state index >= 15 is 0 Å². The molecule has 0 radical (unpaired) electrons. The molecule has 29 heavy (non-hydrogen) atoms. The lowest BCUT2D eigenvalue weighted by atomic mass is 10.1. The number of hydrogen-bond donors (Lipinski definition) is 1. The molecule has 0 aliphatic carbocycles. The number of benzene rings is 1. The number of halogens is 3. The summed E-state index contributed by atoms with van der Waals surface area (Å²) in [5, 5.41) is 0.0385. The topological polar surface area (TPSA) is 66.1 Å². The molecule has 1 aliphatic rings. The summed E-state index contributed by atoms with van der Waals surface area (Å²) in [6, 6.07) is 5.36. The van der Waals surface area contributed by atoms with Crippen LogP contribution in [0.4, 0.5) is 14.5 Å². The first-order valence-corrected chi connectivity index (χ1v) is 11.6. The van der Waals surface area contributed by atoms with E-state index in [2.05, 4.69) is 30.8 Å². The van der Waals surface area contributed by atoms with Gasteiger partial charge in [-0.3, -0.25) is 0 Å². The normalized spacial score (nSPS) is 14.2. The van der Waals surface area contributed by atoms with Gasteiger partial charge < -0.3 is 9.88 Å². The van der Waals surface area contributed by atoms with Gasteiger partial charge in [-0.25, -0.2) is 22.2 Å². The number of hydrogen-bond acceptors (Lipinski definition) is 4. The van der Waals surface area contributed by atoms with Crippen LogP contribution in [0.5, 0.6) is 0 Å². The molecule has 0 atom stereocenters. The number of anilines is 1. The number of nitrogens with one attached hydrogen (secondary N) is 1. The highest BCUT2D eigenvalue weighted by atomic mass is 79.9. The summed E-state index contributed by atoms with van der Waals surface area (Å²) in [6.45, 7) is 3.01. The predicted octanol–water partition coefficient (Wildman–Crippen LogP) is 4.39. The Labute approximate surface area is 175 Å². The molecule has 5 nitrogen and oxygen atoms in total. The van der Waals surface area contributed by atoms with E-state index in [0.29, 0.717) is 29.7 Å². The highest BCUT2D eigenvalue weighted by Crippen LogP contribution is 2.39. The Bertz CT molecular complexity index is 1200. The molecule has 0 spiro atoms. The molecule has 9 heteroatoms. The van der Waals surface area contributed by atoms with E-state index in [1.165, 1.54) is 18.2 Å². The quantitative estimate of drug-likeness (QED) is 0.602. The Hall–Kier alpha value is -2.26. The lowest BCUT2D eigenvalue weighted by Crippen LogP contribution is -2.31. The molecule has 3 aromatic rings. The van der Waals surface area contributed by atoms with Gasteiger partial charge in [-0.2, -0.15) is 0 Å². The number of H-pyrrole nitrogens is 1. The number of aromatic amines is 1. The van der Waals surface area contributed by atoms with E-state index in [-0.39, 0.29) is 10.6 Å². The van der Waals surface area contributed by atoms with Crippen molar-refractivity contribution in [3.05, 3.63) is 63.4 Å². The summed E-state index contributed by atoms with van der Waals surface area (Å²) in [5.41, 5.74) is 3.76. The van der Waals surface area contributed by atoms with Crippen molar-refractivity contribution in [2.24, 2.45) is 0 Å². The van der Waals surface area contributed by atoms with Crippen molar-refractivity contribution in [3.63, 3.8) is 0 Å². The first kappa shape index (κ1) is 20.0. The molecule has 0 amide bonds. The Morgan fingerprint density at radius 1 is 1.24 bits per heavy atom. The van der Waals surface area contributed by atoms with Crippen LogP contribution >= 0.6 is 15.9 Å². The lowest BCUT2D eigenvalue weighted by molar-refractivity contribution is 0.588. The SMILES string of the molecule is Cc1cc(S(C)(=O)=O)ncc1N1CCc2[nH]c(-c3c(F)cccc3F)c(Br)c2C1. The molecule has 0 unspecified atom stereocenters. The molecule has 4 rings (SSSR count). The smallest absolute Gasteiger partial charge is 0.192 e. The van der Waals surface area contributed by atoms with Gasteiger partial charge in [0.05, 0.1) is 23.1 Å². The van der Waals surface area contributed by atoms with Crippen LogP contribution < -0.4 is 4.90 Å². The van der Waals surface area contributed by atoms with Crippen LogP contribution in [-0.2, 0) is 22.8 Å². The van der Waals surface area contributed by atoms with Crippen molar-refractivity contribution >= 4 is 31.5 Å². The molecule has 1 N–H and O–H groups in total. The maximum atomic E-state index is 14.3. The molecule has 0 saturated carbocycles. The van der Waals surface area contributed by atoms with Crippen LogP contribution in [0, 0.1) is 18.6 Å². The van der Waals surface area contributed by atoms with Gasteiger partial charge in [0, 0.05) is 41.5 Å². The molecule has 0 fully saturated rings. The summed E-state index contributed by atoms with van der Waals surface area (Å²) in [4.78, 5) is 9.34. The Morgan fingerprint density at radius 3 is 2.55 bits per heavy atom. The van der Waals surface area contributed by atoms with Gasteiger partial charge in [-0.15, -0.1) is 0 Å². The van der Waals surface area contributed by atoms with Crippen LogP contribution in [0.3, 0.4) is 0 Å². The van der Waals surface area contributed by atoms with E-state index in [1.807, 2.05) is 6.92 Å². The fourth-order valence-corrected chi connectivity index (χ4v) is 4.93. The Morgan fingerprint density at radius 2 is 1.93 bits per heavy atom. The van der Waals surface area contributed by atoms with Crippen molar-refractivity contribution in [2.45, 2.75) is 24.9 Å². The number of rotatable bonds is 3. The molecule has 3 heterocycles. The van der Waals surface area contributed by atoms with E-state index in [0.717, 1.165) is 28.8 Å². The summed E-state index contributed by atoms with van der Waals surface area (Å²) in [7, 11) is -3.38. The second kappa shape index (κ2) is 7.21. The van der Waals surface area contributed by atoms with Crippen molar-refractivity contribution in [2.75, 3.05) is 17.7 Å². The standard InChI is InChI=1S/C20H18BrF2N3O2S/c1-11-8-17(29(2,27)28)24-9-16(11)26-7-6-15-12(10-26)19(21)20(25-15)18-13(22)4-3-5-14(18)23/h3-5,8-9,25H,6-7,10H2,1-2H3. The summed E-state index contributed by atoms with van der Waals surface area (Å²) in [5.74, 6) is -1.25. The average molecular weight is 482 g/mol. The zero-order valence-corrected chi connectivity index (χ0v) is 18.2. The van der Waals surface area contributed by atoms with E-state index in [9.17, 15) is 17.2 Å². The van der Waals surface area contributed by atoms with Crippen molar-refractivity contribution in [1.82, 2.24) is 9.97 Å². The highest BCUT2D eigenvalue weighted by Gasteiger charge is 2.27. The van der Waals surface area contributed by atoms with Gasteiger partial charge in [0.1, 0.15) is 11.6 Å². The maximum Gasteiger partial charge on any atom is 0.192 e. The average Bonchev–Trinajstić information content (AvgIpc) is 2.97. The summed E-state index contributed by atoms with van der Waals surface area (Å²) >= 11 is 3.51. The second-order valence-corrected chi connectivity index (χ2v) is 9.88. The zero-order chi connectivity index (χ0) is 20.9. The van der Waals surface area contributed by atoms with E-state index in [1.54, 1.807) is 12.3 Å². The van der Waals surface area contributed by atoms with Gasteiger partial charge >= 0.3 is 0 Å². The van der Waals surface area contributed by atoms with Crippen molar-refractivity contribution in [1.29, 1.82) is 0 Å². The van der Waals surface area contributed by atoms with Crippen LogP contribution in [0.1, 0.15) is 16.8 Å². The minimum absolute atomic E-state index is 0.0385. The van der Waals surface area contributed by atoms with Gasteiger partial charge in [0.2, 0.25) is 0 Å². The third-order valence-corrected chi connectivity index (χ3v) is 6.95.